The van der Waals surface area contributed by atoms with E-state index in [0.717, 1.165) is 15.7 Å². The van der Waals surface area contributed by atoms with Gasteiger partial charge in [0, 0.05) is 4.47 Å². The topological polar surface area (TPSA) is 50.2 Å². The first-order chi connectivity index (χ1) is 5.95. The summed E-state index contributed by atoms with van der Waals surface area (Å²) in [5, 5.41) is 8.90. The van der Waals surface area contributed by atoms with Crippen LogP contribution in [0.15, 0.2) is 4.47 Å². The quantitative estimate of drug-likeness (QED) is 0.622. The van der Waals surface area contributed by atoms with Crippen molar-refractivity contribution in [2.75, 3.05) is 0 Å². The molecule has 0 bridgehead atoms. The number of aryl methyl sites for hydroxylation is 1. The third-order valence-electron chi connectivity index (χ3n) is 1.71. The van der Waals surface area contributed by atoms with Crippen molar-refractivity contribution in [1.29, 1.82) is 0 Å². The maximum atomic E-state index is 10.8. The van der Waals surface area contributed by atoms with Crippen molar-refractivity contribution in [1.82, 2.24) is 4.98 Å². The molecular weight excluding hydrogens is 349 g/mol. The molecule has 13 heavy (non-hydrogen) atoms. The fourth-order valence-corrected chi connectivity index (χ4v) is 2.32. The van der Waals surface area contributed by atoms with Gasteiger partial charge >= 0.3 is 5.97 Å². The fourth-order valence-electron chi connectivity index (χ4n) is 1.04. The first kappa shape index (κ1) is 10.9. The van der Waals surface area contributed by atoms with E-state index in [0.29, 0.717) is 3.70 Å². The molecule has 0 amide bonds. The lowest BCUT2D eigenvalue weighted by molar-refractivity contribution is 0.0694. The Morgan fingerprint density at radius 3 is 2.54 bits per heavy atom. The summed E-state index contributed by atoms with van der Waals surface area (Å²) in [7, 11) is 0. The number of aromatic nitrogens is 1. The van der Waals surface area contributed by atoms with E-state index in [9.17, 15) is 4.79 Å². The molecule has 0 atom stereocenters. The van der Waals surface area contributed by atoms with Gasteiger partial charge in [-0.15, -0.1) is 0 Å². The van der Waals surface area contributed by atoms with Crippen molar-refractivity contribution in [3.63, 3.8) is 0 Å². The van der Waals surface area contributed by atoms with Crippen LogP contribution in [0.5, 0.6) is 0 Å². The molecular formula is C8H7BrINO2. The largest absolute Gasteiger partial charge is 0.478 e. The van der Waals surface area contributed by atoms with Crippen molar-refractivity contribution in [2.45, 2.75) is 13.8 Å². The highest BCUT2D eigenvalue weighted by atomic mass is 127. The number of halogens is 2. The number of rotatable bonds is 1. The van der Waals surface area contributed by atoms with Gasteiger partial charge in [0.2, 0.25) is 0 Å². The van der Waals surface area contributed by atoms with Crippen LogP contribution in [0.3, 0.4) is 0 Å². The molecule has 3 nitrogen and oxygen atoms in total. The van der Waals surface area contributed by atoms with Crippen LogP contribution in [0.1, 0.15) is 21.6 Å². The normalized spacial score (nSPS) is 10.2. The molecule has 0 aliphatic heterocycles. The van der Waals surface area contributed by atoms with Gasteiger partial charge in [0.05, 0.1) is 11.3 Å². The highest BCUT2D eigenvalue weighted by Crippen LogP contribution is 2.25. The SMILES string of the molecule is Cc1nc(I)c(C(=O)O)c(C)c1Br. The van der Waals surface area contributed by atoms with E-state index in [-0.39, 0.29) is 5.56 Å². The maximum Gasteiger partial charge on any atom is 0.338 e. The van der Waals surface area contributed by atoms with E-state index in [1.807, 2.05) is 29.5 Å². The summed E-state index contributed by atoms with van der Waals surface area (Å²) >= 11 is 5.23. The molecule has 1 aromatic rings. The number of nitrogens with zero attached hydrogens (tertiary/aromatic N) is 1. The molecule has 0 fully saturated rings. The average molecular weight is 356 g/mol. The highest BCUT2D eigenvalue weighted by Gasteiger charge is 2.16. The number of hydrogen-bond acceptors (Lipinski definition) is 2. The van der Waals surface area contributed by atoms with Crippen LogP contribution in [0.4, 0.5) is 0 Å². The zero-order valence-corrected chi connectivity index (χ0v) is 10.8. The molecule has 0 unspecified atom stereocenters. The number of carbonyl (C=O) groups is 1. The van der Waals surface area contributed by atoms with Crippen LogP contribution in [0.25, 0.3) is 0 Å². The highest BCUT2D eigenvalue weighted by molar-refractivity contribution is 14.1. The molecule has 1 aromatic heterocycles. The molecule has 1 rings (SSSR count). The number of carboxylic acids is 1. The molecule has 0 spiro atoms. The summed E-state index contributed by atoms with van der Waals surface area (Å²) in [5.41, 5.74) is 1.81. The summed E-state index contributed by atoms with van der Waals surface area (Å²) in [6, 6.07) is 0. The van der Waals surface area contributed by atoms with Crippen molar-refractivity contribution in [3.05, 3.63) is 25.0 Å². The Labute approximate surface area is 97.8 Å². The minimum atomic E-state index is -0.935. The minimum Gasteiger partial charge on any atom is -0.478 e. The number of aromatic carboxylic acids is 1. The molecule has 0 aliphatic carbocycles. The van der Waals surface area contributed by atoms with Crippen molar-refractivity contribution >= 4 is 44.5 Å². The molecule has 0 radical (unpaired) electrons. The van der Waals surface area contributed by atoms with E-state index in [1.54, 1.807) is 6.92 Å². The van der Waals surface area contributed by atoms with E-state index < -0.39 is 5.97 Å². The van der Waals surface area contributed by atoms with Gasteiger partial charge in [0.1, 0.15) is 3.70 Å². The zero-order chi connectivity index (χ0) is 10.2. The summed E-state index contributed by atoms with van der Waals surface area (Å²) in [5.74, 6) is -0.935. The molecule has 0 saturated carbocycles. The van der Waals surface area contributed by atoms with E-state index in [2.05, 4.69) is 20.9 Å². The maximum absolute atomic E-state index is 10.8. The predicted molar refractivity (Wildman–Crippen MR) is 61.1 cm³/mol. The lowest BCUT2D eigenvalue weighted by Gasteiger charge is -2.07. The van der Waals surface area contributed by atoms with Gasteiger partial charge in [-0.2, -0.15) is 0 Å². The van der Waals surface area contributed by atoms with Gasteiger partial charge in [-0.3, -0.25) is 0 Å². The van der Waals surface area contributed by atoms with Crippen LogP contribution >= 0.6 is 38.5 Å². The van der Waals surface area contributed by atoms with Crippen LogP contribution in [0, 0.1) is 17.5 Å². The molecule has 1 heterocycles. The molecule has 0 saturated heterocycles. The van der Waals surface area contributed by atoms with Crippen molar-refractivity contribution < 1.29 is 9.90 Å². The second-order valence-corrected chi connectivity index (χ2v) is 4.42. The Balaban J connectivity index is 3.53. The first-order valence-electron chi connectivity index (χ1n) is 3.50. The predicted octanol–water partition coefficient (Wildman–Crippen LogP) is 2.76. The second kappa shape index (κ2) is 3.91. The Hall–Kier alpha value is -0.170. The summed E-state index contributed by atoms with van der Waals surface area (Å²) in [4.78, 5) is 15.0. The monoisotopic (exact) mass is 355 g/mol. The second-order valence-electron chi connectivity index (χ2n) is 2.61. The summed E-state index contributed by atoms with van der Waals surface area (Å²) < 4.78 is 1.30. The molecule has 0 aromatic carbocycles. The van der Waals surface area contributed by atoms with E-state index >= 15 is 0 Å². The van der Waals surface area contributed by atoms with Crippen molar-refractivity contribution in [2.24, 2.45) is 0 Å². The average Bonchev–Trinajstić information content (AvgIpc) is 1.99. The lowest BCUT2D eigenvalue weighted by Crippen LogP contribution is -2.07. The van der Waals surface area contributed by atoms with E-state index in [4.69, 9.17) is 5.11 Å². The van der Waals surface area contributed by atoms with Gasteiger partial charge in [0.15, 0.2) is 0 Å². The molecule has 70 valence electrons. The van der Waals surface area contributed by atoms with Gasteiger partial charge in [-0.05, 0) is 57.9 Å². The Bertz CT molecular complexity index is 379. The van der Waals surface area contributed by atoms with Gasteiger partial charge in [-0.1, -0.05) is 0 Å². The fraction of sp³-hybridized carbons (Fsp3) is 0.250. The Kier molecular flexibility index (Phi) is 3.28. The lowest BCUT2D eigenvalue weighted by atomic mass is 10.1. The summed E-state index contributed by atoms with van der Waals surface area (Å²) in [6.07, 6.45) is 0. The minimum absolute atomic E-state index is 0.276. The van der Waals surface area contributed by atoms with Gasteiger partial charge in [-0.25, -0.2) is 9.78 Å². The Morgan fingerprint density at radius 1 is 1.54 bits per heavy atom. The van der Waals surface area contributed by atoms with Gasteiger partial charge in [0.25, 0.3) is 0 Å². The van der Waals surface area contributed by atoms with Crippen molar-refractivity contribution in [3.8, 4) is 0 Å². The van der Waals surface area contributed by atoms with Crippen LogP contribution in [0.2, 0.25) is 0 Å². The van der Waals surface area contributed by atoms with E-state index in [1.165, 1.54) is 0 Å². The van der Waals surface area contributed by atoms with Crippen LogP contribution < -0.4 is 0 Å². The van der Waals surface area contributed by atoms with Crippen LogP contribution in [-0.2, 0) is 0 Å². The molecule has 1 N–H and O–H groups in total. The first-order valence-corrected chi connectivity index (χ1v) is 5.37. The summed E-state index contributed by atoms with van der Waals surface area (Å²) in [6.45, 7) is 3.61. The number of hydrogen-bond donors (Lipinski definition) is 1. The standard InChI is InChI=1S/C8H7BrINO2/c1-3-5(8(12)13)7(10)11-4(2)6(3)9/h1-2H3,(H,12,13). The Morgan fingerprint density at radius 2 is 2.08 bits per heavy atom. The third kappa shape index (κ3) is 2.01. The third-order valence-corrected chi connectivity index (χ3v) is 3.66. The molecule has 0 aliphatic rings. The molecule has 5 heteroatoms. The van der Waals surface area contributed by atoms with Crippen LogP contribution in [-0.4, -0.2) is 16.1 Å². The van der Waals surface area contributed by atoms with Gasteiger partial charge < -0.3 is 5.11 Å². The zero-order valence-electron chi connectivity index (χ0n) is 7.06. The number of pyridine rings is 1. The smallest absolute Gasteiger partial charge is 0.338 e. The number of carboxylic acid groups (broad SMARTS) is 1.